The first-order chi connectivity index (χ1) is 13.5. The Morgan fingerprint density at radius 1 is 1.11 bits per heavy atom. The molecule has 2 aromatic carbocycles. The van der Waals surface area contributed by atoms with Gasteiger partial charge in [0.15, 0.2) is 6.10 Å². The summed E-state index contributed by atoms with van der Waals surface area (Å²) in [5, 5.41) is 4.03. The lowest BCUT2D eigenvalue weighted by Crippen LogP contribution is -2.38. The van der Waals surface area contributed by atoms with E-state index in [4.69, 9.17) is 4.84 Å². The van der Waals surface area contributed by atoms with Gasteiger partial charge in [0.2, 0.25) is 5.91 Å². The minimum Gasteiger partial charge on any atom is -0.390 e. The summed E-state index contributed by atoms with van der Waals surface area (Å²) in [4.78, 5) is 19.6. The number of rotatable bonds is 6. The molecule has 1 fully saturated rings. The number of nitrogens with zero attached hydrogens (tertiary/aromatic N) is 2. The topological polar surface area (TPSA) is 41.9 Å². The van der Waals surface area contributed by atoms with E-state index in [2.05, 4.69) is 5.16 Å². The largest absolute Gasteiger partial charge is 0.390 e. The van der Waals surface area contributed by atoms with E-state index in [9.17, 15) is 18.0 Å². The molecule has 4 nitrogen and oxygen atoms in total. The van der Waals surface area contributed by atoms with Gasteiger partial charge in [0.1, 0.15) is 17.5 Å². The van der Waals surface area contributed by atoms with Crippen LogP contribution >= 0.6 is 0 Å². The molecule has 0 radical (unpaired) electrons. The summed E-state index contributed by atoms with van der Waals surface area (Å²) in [6.45, 7) is 0.269. The van der Waals surface area contributed by atoms with Gasteiger partial charge >= 0.3 is 0 Å². The molecule has 1 saturated carbocycles. The summed E-state index contributed by atoms with van der Waals surface area (Å²) in [7, 11) is 0. The van der Waals surface area contributed by atoms with Crippen LogP contribution in [0.5, 0.6) is 0 Å². The average molecular weight is 388 g/mol. The maximum atomic E-state index is 14.1. The van der Waals surface area contributed by atoms with Crippen molar-refractivity contribution >= 4 is 11.6 Å². The molecule has 0 bridgehead atoms. The summed E-state index contributed by atoms with van der Waals surface area (Å²) in [5.41, 5.74) is 1.49. The quantitative estimate of drug-likeness (QED) is 0.750. The molecule has 7 heteroatoms. The summed E-state index contributed by atoms with van der Waals surface area (Å²) in [6.07, 6.45) is 1.66. The number of oxime groups is 1. The average Bonchev–Trinajstić information content (AvgIpc) is 3.41. The smallest absolute Gasteiger partial charge is 0.226 e. The minimum absolute atomic E-state index is 0.0383. The van der Waals surface area contributed by atoms with Crippen LogP contribution in [-0.4, -0.2) is 29.2 Å². The van der Waals surface area contributed by atoms with Crippen molar-refractivity contribution < 1.29 is 22.8 Å². The molecule has 2 aliphatic rings. The first-order valence-electron chi connectivity index (χ1n) is 9.21. The highest BCUT2D eigenvalue weighted by Gasteiger charge is 2.36. The predicted octanol–water partition coefficient (Wildman–Crippen LogP) is 4.04. The molecule has 1 aliphatic heterocycles. The van der Waals surface area contributed by atoms with Crippen molar-refractivity contribution in [2.75, 3.05) is 6.54 Å². The van der Waals surface area contributed by atoms with E-state index in [-0.39, 0.29) is 36.3 Å². The number of hydrogen-bond donors (Lipinski definition) is 0. The van der Waals surface area contributed by atoms with E-state index in [0.717, 1.165) is 18.9 Å². The van der Waals surface area contributed by atoms with Crippen molar-refractivity contribution in [3.05, 3.63) is 71.0 Å². The van der Waals surface area contributed by atoms with Gasteiger partial charge < -0.3 is 9.74 Å². The highest BCUT2D eigenvalue weighted by molar-refractivity contribution is 6.01. The molecular formula is C21H19F3N2O2. The highest BCUT2D eigenvalue weighted by atomic mass is 19.1. The zero-order chi connectivity index (χ0) is 19.7. The Bertz CT molecular complexity index is 928. The second-order valence-corrected chi connectivity index (χ2v) is 7.21. The molecule has 0 N–H and O–H groups in total. The monoisotopic (exact) mass is 388 g/mol. The Morgan fingerprint density at radius 2 is 1.89 bits per heavy atom. The van der Waals surface area contributed by atoms with Gasteiger partial charge in [-0.3, -0.25) is 4.79 Å². The normalized spacial score (nSPS) is 18.5. The van der Waals surface area contributed by atoms with E-state index < -0.39 is 17.7 Å². The first kappa shape index (κ1) is 18.5. The summed E-state index contributed by atoms with van der Waals surface area (Å²) in [6, 6.07) is 9.41. The Labute approximate surface area is 160 Å². The third-order valence-corrected chi connectivity index (χ3v) is 4.93. The van der Waals surface area contributed by atoms with E-state index in [0.29, 0.717) is 17.7 Å². The molecule has 1 aliphatic carbocycles. The maximum absolute atomic E-state index is 14.1. The van der Waals surface area contributed by atoms with Crippen LogP contribution in [0, 0.1) is 23.4 Å². The van der Waals surface area contributed by atoms with Crippen LogP contribution in [0.4, 0.5) is 13.2 Å². The fraction of sp³-hybridized carbons (Fsp3) is 0.333. The Balaban J connectivity index is 1.45. The zero-order valence-corrected chi connectivity index (χ0v) is 15.1. The molecule has 1 heterocycles. The number of hydrogen-bond acceptors (Lipinski definition) is 3. The number of carbonyl (C=O) groups is 1. The maximum Gasteiger partial charge on any atom is 0.226 e. The number of benzene rings is 2. The van der Waals surface area contributed by atoms with Gasteiger partial charge in [-0.05, 0) is 31.0 Å². The molecule has 4 rings (SSSR count). The van der Waals surface area contributed by atoms with Crippen molar-refractivity contribution in [1.29, 1.82) is 0 Å². The Kier molecular flexibility index (Phi) is 5.07. The number of halogens is 3. The molecule has 0 aromatic heterocycles. The second kappa shape index (κ2) is 7.66. The van der Waals surface area contributed by atoms with Crippen LogP contribution in [-0.2, 0) is 16.2 Å². The van der Waals surface area contributed by atoms with Gasteiger partial charge in [0.25, 0.3) is 0 Å². The molecule has 2 aromatic rings. The van der Waals surface area contributed by atoms with Crippen molar-refractivity contribution in [2.24, 2.45) is 11.1 Å². The van der Waals surface area contributed by atoms with Gasteiger partial charge in [-0.25, -0.2) is 13.2 Å². The standard InChI is InChI=1S/C21H19F3N2O2/c22-16-3-1-2-14(8-16)20-10-18(28-25-20)12-26(21(27)13-4-5-13)11-15-6-7-17(23)9-19(15)24/h1-3,6-9,13,18H,4-5,10-12H2. The zero-order valence-electron chi connectivity index (χ0n) is 15.1. The SMILES string of the molecule is O=C(C1CC1)N(Cc1ccc(F)cc1F)CC1CC(c2cccc(F)c2)=NO1. The molecule has 28 heavy (non-hydrogen) atoms. The Morgan fingerprint density at radius 3 is 2.61 bits per heavy atom. The molecule has 0 spiro atoms. The number of carbonyl (C=O) groups excluding carboxylic acids is 1. The van der Waals surface area contributed by atoms with Gasteiger partial charge in [-0.15, -0.1) is 0 Å². The molecule has 1 amide bonds. The van der Waals surface area contributed by atoms with E-state index >= 15 is 0 Å². The van der Waals surface area contributed by atoms with Crippen molar-refractivity contribution in [1.82, 2.24) is 4.90 Å². The van der Waals surface area contributed by atoms with Crippen molar-refractivity contribution in [2.45, 2.75) is 31.9 Å². The van der Waals surface area contributed by atoms with Crippen LogP contribution in [0.3, 0.4) is 0 Å². The van der Waals surface area contributed by atoms with Gasteiger partial charge in [0, 0.05) is 36.1 Å². The lowest BCUT2D eigenvalue weighted by molar-refractivity contribution is -0.135. The fourth-order valence-corrected chi connectivity index (χ4v) is 3.29. The summed E-state index contributed by atoms with van der Waals surface area (Å²) >= 11 is 0. The van der Waals surface area contributed by atoms with Crippen LogP contribution in [0.25, 0.3) is 0 Å². The predicted molar refractivity (Wildman–Crippen MR) is 96.9 cm³/mol. The van der Waals surface area contributed by atoms with Crippen LogP contribution in [0.1, 0.15) is 30.4 Å². The molecule has 0 saturated heterocycles. The summed E-state index contributed by atoms with van der Waals surface area (Å²) in [5.74, 6) is -1.81. The van der Waals surface area contributed by atoms with E-state index in [1.165, 1.54) is 24.3 Å². The summed E-state index contributed by atoms with van der Waals surface area (Å²) < 4.78 is 40.6. The third kappa shape index (κ3) is 4.18. The van der Waals surface area contributed by atoms with Crippen molar-refractivity contribution in [3.63, 3.8) is 0 Å². The van der Waals surface area contributed by atoms with Crippen LogP contribution in [0.2, 0.25) is 0 Å². The molecule has 146 valence electrons. The fourth-order valence-electron chi connectivity index (χ4n) is 3.29. The number of amides is 1. The second-order valence-electron chi connectivity index (χ2n) is 7.21. The van der Waals surface area contributed by atoms with E-state index in [1.807, 2.05) is 0 Å². The van der Waals surface area contributed by atoms with Gasteiger partial charge in [0.05, 0.1) is 12.3 Å². The lowest BCUT2D eigenvalue weighted by atomic mass is 10.0. The lowest BCUT2D eigenvalue weighted by Gasteiger charge is -2.25. The molecule has 1 atom stereocenters. The molecule has 1 unspecified atom stereocenters. The molecular weight excluding hydrogens is 369 g/mol. The van der Waals surface area contributed by atoms with Crippen molar-refractivity contribution in [3.8, 4) is 0 Å². The van der Waals surface area contributed by atoms with E-state index in [1.54, 1.807) is 17.0 Å². The Hall–Kier alpha value is -2.83. The first-order valence-corrected chi connectivity index (χ1v) is 9.21. The third-order valence-electron chi connectivity index (χ3n) is 4.93. The van der Waals surface area contributed by atoms with Gasteiger partial charge in [-0.2, -0.15) is 0 Å². The van der Waals surface area contributed by atoms with Crippen LogP contribution in [0.15, 0.2) is 47.6 Å². The van der Waals surface area contributed by atoms with Crippen LogP contribution < -0.4 is 0 Å². The minimum atomic E-state index is -0.683. The highest BCUT2D eigenvalue weighted by Crippen LogP contribution is 2.32. The van der Waals surface area contributed by atoms with Gasteiger partial charge in [-0.1, -0.05) is 23.4 Å².